The second-order valence-electron chi connectivity index (χ2n) is 6.81. The largest absolute Gasteiger partial charge is 0.424 e. The van der Waals surface area contributed by atoms with Crippen molar-refractivity contribution >= 4 is 40.1 Å². The van der Waals surface area contributed by atoms with E-state index in [1.807, 2.05) is 31.2 Å². The van der Waals surface area contributed by atoms with Crippen LogP contribution in [0.1, 0.15) is 19.8 Å². The fourth-order valence-corrected chi connectivity index (χ4v) is 3.05. The van der Waals surface area contributed by atoms with Crippen molar-refractivity contribution in [1.29, 1.82) is 0 Å². The molecule has 0 spiro atoms. The lowest BCUT2D eigenvalue weighted by molar-refractivity contribution is 0.202. The number of anilines is 1. The van der Waals surface area contributed by atoms with Crippen molar-refractivity contribution < 1.29 is 14.3 Å². The third-order valence-electron chi connectivity index (χ3n) is 4.69. The lowest BCUT2D eigenvalue weighted by Crippen LogP contribution is -2.34. The molecule has 30 heavy (non-hydrogen) atoms. The van der Waals surface area contributed by atoms with Gasteiger partial charge in [0, 0.05) is 13.6 Å². The predicted octanol–water partition coefficient (Wildman–Crippen LogP) is 3.91. The van der Waals surface area contributed by atoms with E-state index < -0.39 is 12.1 Å². The number of hydrogen-bond donors (Lipinski definition) is 2. The number of carbonyl (C=O) groups is 2. The number of nitrogens with one attached hydrogen (secondary N) is 2. The third kappa shape index (κ3) is 3.69. The molecule has 9 nitrogen and oxygen atoms in total. The summed E-state index contributed by atoms with van der Waals surface area (Å²) in [6, 6.07) is 14.1. The molecular formula is C21H22N6O3. The molecule has 2 aromatic carbocycles. The van der Waals surface area contributed by atoms with Gasteiger partial charge in [0.05, 0.1) is 22.1 Å². The van der Waals surface area contributed by atoms with Gasteiger partial charge < -0.3 is 15.0 Å². The molecule has 2 N–H and O–H groups in total. The number of unbranched alkanes of at least 4 members (excludes halogenated alkanes) is 1. The summed E-state index contributed by atoms with van der Waals surface area (Å²) in [7, 11) is 1.54. The second kappa shape index (κ2) is 8.24. The standard InChI is InChI=1S/C21H22N6O3/c1-3-4-13-22-19(28)27-17-12-8-7-11-16(17)25-20(27)30-21(29)26(2)18-23-14-9-5-6-10-15(14)24-18/h5-12H,3-4,13H2,1-2H3,(H,22,28)(H,23,24). The maximum absolute atomic E-state index is 12.8. The summed E-state index contributed by atoms with van der Waals surface area (Å²) < 4.78 is 6.76. The van der Waals surface area contributed by atoms with Crippen LogP contribution in [0.25, 0.3) is 22.1 Å². The van der Waals surface area contributed by atoms with E-state index >= 15 is 0 Å². The van der Waals surface area contributed by atoms with Crippen LogP contribution in [0.5, 0.6) is 6.01 Å². The summed E-state index contributed by atoms with van der Waals surface area (Å²) in [5, 5.41) is 2.83. The lowest BCUT2D eigenvalue weighted by atomic mass is 10.3. The quantitative estimate of drug-likeness (QED) is 0.489. The van der Waals surface area contributed by atoms with E-state index in [1.54, 1.807) is 24.3 Å². The molecule has 4 rings (SSSR count). The normalized spacial score (nSPS) is 11.0. The Kier molecular flexibility index (Phi) is 5.34. The minimum atomic E-state index is -0.716. The Morgan fingerprint density at radius 2 is 1.83 bits per heavy atom. The van der Waals surface area contributed by atoms with Crippen molar-refractivity contribution in [2.24, 2.45) is 0 Å². The zero-order valence-corrected chi connectivity index (χ0v) is 16.8. The minimum Gasteiger partial charge on any atom is -0.374 e. The molecule has 154 valence electrons. The SMILES string of the molecule is CCCCNC(=O)n1c(OC(=O)N(C)c2nc3ccccc3[nH]2)nc2ccccc21. The molecule has 0 aliphatic carbocycles. The molecule has 0 saturated heterocycles. The van der Waals surface area contributed by atoms with Crippen molar-refractivity contribution in [1.82, 2.24) is 24.8 Å². The van der Waals surface area contributed by atoms with Crippen LogP contribution in [-0.2, 0) is 0 Å². The van der Waals surface area contributed by atoms with E-state index in [-0.39, 0.29) is 6.01 Å². The molecule has 0 atom stereocenters. The van der Waals surface area contributed by atoms with Crippen LogP contribution in [0.4, 0.5) is 15.5 Å². The van der Waals surface area contributed by atoms with Crippen LogP contribution < -0.4 is 15.0 Å². The number of aromatic amines is 1. The molecule has 0 unspecified atom stereocenters. The summed E-state index contributed by atoms with van der Waals surface area (Å²) in [5.74, 6) is 0.330. The first-order valence-corrected chi connectivity index (χ1v) is 9.74. The molecule has 0 radical (unpaired) electrons. The number of rotatable bonds is 5. The predicted molar refractivity (Wildman–Crippen MR) is 114 cm³/mol. The van der Waals surface area contributed by atoms with Gasteiger partial charge in [-0.25, -0.2) is 24.0 Å². The van der Waals surface area contributed by atoms with Crippen molar-refractivity contribution in [2.45, 2.75) is 19.8 Å². The molecule has 0 saturated carbocycles. The van der Waals surface area contributed by atoms with Gasteiger partial charge in [-0.05, 0) is 30.7 Å². The van der Waals surface area contributed by atoms with Crippen molar-refractivity contribution in [3.63, 3.8) is 0 Å². The molecule has 0 fully saturated rings. The van der Waals surface area contributed by atoms with Crippen LogP contribution in [0.2, 0.25) is 0 Å². The monoisotopic (exact) mass is 406 g/mol. The fourth-order valence-electron chi connectivity index (χ4n) is 3.05. The number of fused-ring (bicyclic) bond motifs is 2. The highest BCUT2D eigenvalue weighted by atomic mass is 16.6. The Morgan fingerprint density at radius 1 is 1.10 bits per heavy atom. The van der Waals surface area contributed by atoms with E-state index in [0.717, 1.165) is 23.9 Å². The average Bonchev–Trinajstić information content (AvgIpc) is 3.34. The molecule has 0 aliphatic rings. The van der Waals surface area contributed by atoms with Gasteiger partial charge >= 0.3 is 18.1 Å². The zero-order valence-electron chi connectivity index (χ0n) is 16.8. The summed E-state index contributed by atoms with van der Waals surface area (Å²) in [5.41, 5.74) is 2.64. The number of para-hydroxylation sites is 4. The summed E-state index contributed by atoms with van der Waals surface area (Å²) in [6.45, 7) is 2.56. The average molecular weight is 406 g/mol. The smallest absolute Gasteiger partial charge is 0.374 e. The summed E-state index contributed by atoms with van der Waals surface area (Å²) >= 11 is 0. The van der Waals surface area contributed by atoms with E-state index in [2.05, 4.69) is 20.3 Å². The number of aromatic nitrogens is 4. The number of benzene rings is 2. The highest BCUT2D eigenvalue weighted by molar-refractivity contribution is 5.93. The third-order valence-corrected chi connectivity index (χ3v) is 4.69. The Balaban J connectivity index is 1.61. The van der Waals surface area contributed by atoms with Gasteiger partial charge in [0.1, 0.15) is 0 Å². The van der Waals surface area contributed by atoms with Crippen LogP contribution in [0.3, 0.4) is 0 Å². The number of nitrogens with zero attached hydrogens (tertiary/aromatic N) is 4. The number of H-pyrrole nitrogens is 1. The van der Waals surface area contributed by atoms with Crippen LogP contribution in [0, 0.1) is 0 Å². The van der Waals surface area contributed by atoms with Gasteiger partial charge in [-0.3, -0.25) is 0 Å². The molecular weight excluding hydrogens is 384 g/mol. The van der Waals surface area contributed by atoms with Gasteiger partial charge in [0.15, 0.2) is 0 Å². The van der Waals surface area contributed by atoms with Crippen molar-refractivity contribution in [3.05, 3.63) is 48.5 Å². The number of amides is 2. The molecule has 2 amide bonds. The van der Waals surface area contributed by atoms with Gasteiger partial charge in [0.2, 0.25) is 5.95 Å². The zero-order chi connectivity index (χ0) is 21.1. The molecule has 0 aliphatic heterocycles. The fraction of sp³-hybridized carbons (Fsp3) is 0.238. The highest BCUT2D eigenvalue weighted by Gasteiger charge is 2.23. The Morgan fingerprint density at radius 3 is 2.60 bits per heavy atom. The van der Waals surface area contributed by atoms with Gasteiger partial charge in [-0.1, -0.05) is 37.6 Å². The molecule has 9 heteroatoms. The number of hydrogen-bond acceptors (Lipinski definition) is 5. The highest BCUT2D eigenvalue weighted by Crippen LogP contribution is 2.22. The number of imidazole rings is 2. The van der Waals surface area contributed by atoms with E-state index in [0.29, 0.717) is 23.5 Å². The Labute approximate surface area is 172 Å². The van der Waals surface area contributed by atoms with Crippen LogP contribution in [0.15, 0.2) is 48.5 Å². The molecule has 2 aromatic heterocycles. The van der Waals surface area contributed by atoms with Crippen molar-refractivity contribution in [2.75, 3.05) is 18.5 Å². The van der Waals surface area contributed by atoms with Gasteiger partial charge in [-0.2, -0.15) is 4.98 Å². The Bertz CT molecular complexity index is 1180. The van der Waals surface area contributed by atoms with Gasteiger partial charge in [-0.15, -0.1) is 0 Å². The molecule has 0 bridgehead atoms. The first kappa shape index (κ1) is 19.4. The van der Waals surface area contributed by atoms with Gasteiger partial charge in [0.25, 0.3) is 0 Å². The first-order valence-electron chi connectivity index (χ1n) is 9.74. The summed E-state index contributed by atoms with van der Waals surface area (Å²) in [4.78, 5) is 38.5. The topological polar surface area (TPSA) is 105 Å². The first-order chi connectivity index (χ1) is 14.6. The van der Waals surface area contributed by atoms with E-state index in [1.165, 1.54) is 16.5 Å². The van der Waals surface area contributed by atoms with Crippen LogP contribution in [-0.4, -0.2) is 45.2 Å². The molecule has 4 aromatic rings. The Hall–Kier alpha value is -3.88. The minimum absolute atomic E-state index is 0.0989. The summed E-state index contributed by atoms with van der Waals surface area (Å²) in [6.07, 6.45) is 1.09. The maximum Gasteiger partial charge on any atom is 0.424 e. The van der Waals surface area contributed by atoms with Crippen LogP contribution >= 0.6 is 0 Å². The van der Waals surface area contributed by atoms with E-state index in [9.17, 15) is 9.59 Å². The molecule has 2 heterocycles. The lowest BCUT2D eigenvalue weighted by Gasteiger charge is -2.14. The number of ether oxygens (including phenoxy) is 1. The van der Waals surface area contributed by atoms with E-state index in [4.69, 9.17) is 4.74 Å². The second-order valence-corrected chi connectivity index (χ2v) is 6.81. The number of carbonyl (C=O) groups excluding carboxylic acids is 2. The van der Waals surface area contributed by atoms with Crippen molar-refractivity contribution in [3.8, 4) is 6.01 Å². The maximum atomic E-state index is 12.8.